The molecule has 0 aliphatic carbocycles. The minimum atomic E-state index is 0.405. The maximum absolute atomic E-state index is 10.1. The van der Waals surface area contributed by atoms with Crippen LogP contribution in [0, 0.1) is 0 Å². The summed E-state index contributed by atoms with van der Waals surface area (Å²) in [5.74, 6) is 0. The highest BCUT2D eigenvalue weighted by molar-refractivity contribution is 5.85. The molecule has 0 aliphatic rings. The van der Waals surface area contributed by atoms with Crippen LogP contribution in [0.2, 0.25) is 0 Å². The topological polar surface area (TPSA) is 42.1 Å². The van der Waals surface area contributed by atoms with Crippen molar-refractivity contribution in [1.29, 1.82) is 0 Å². The lowest BCUT2D eigenvalue weighted by atomic mass is 10.0. The molecule has 0 unspecified atom stereocenters. The number of aromatic amines is 1. The van der Waals surface area contributed by atoms with Gasteiger partial charge >= 0.3 is 0 Å². The monoisotopic (exact) mass is 265 g/mol. The van der Waals surface area contributed by atoms with Crippen LogP contribution in [0.1, 0.15) is 5.69 Å². The van der Waals surface area contributed by atoms with Gasteiger partial charge in [0, 0.05) is 23.0 Å². The van der Waals surface area contributed by atoms with Crippen LogP contribution in [0.3, 0.4) is 0 Å². The first-order chi connectivity index (χ1) is 9.86. The molecule has 3 aromatic rings. The summed E-state index contributed by atoms with van der Waals surface area (Å²) < 4.78 is 4.73. The Labute approximate surface area is 117 Å². The highest BCUT2D eigenvalue weighted by Gasteiger charge is 2.03. The quantitative estimate of drug-likeness (QED) is 0.566. The summed E-state index contributed by atoms with van der Waals surface area (Å²) in [5, 5.41) is 1.17. The van der Waals surface area contributed by atoms with Gasteiger partial charge in [-0.05, 0) is 29.3 Å². The van der Waals surface area contributed by atoms with Gasteiger partial charge in [-0.1, -0.05) is 36.4 Å². The van der Waals surface area contributed by atoms with E-state index in [1.165, 1.54) is 16.5 Å². The molecule has 1 N–H and O–H groups in total. The molecule has 100 valence electrons. The number of aromatic nitrogens is 1. The van der Waals surface area contributed by atoms with Crippen molar-refractivity contribution in [3.8, 4) is 11.1 Å². The molecule has 0 spiro atoms. The zero-order valence-electron chi connectivity index (χ0n) is 11.0. The van der Waals surface area contributed by atoms with Gasteiger partial charge in [0.05, 0.1) is 6.61 Å². The largest absolute Gasteiger partial charge is 0.467 e. The Morgan fingerprint density at radius 1 is 1.00 bits per heavy atom. The summed E-state index contributed by atoms with van der Waals surface area (Å²) >= 11 is 0. The maximum Gasteiger partial charge on any atom is 0.293 e. The molecule has 0 amide bonds. The molecule has 3 heteroatoms. The second-order valence-corrected chi connectivity index (χ2v) is 4.68. The van der Waals surface area contributed by atoms with Crippen molar-refractivity contribution in [3.05, 3.63) is 60.3 Å². The third-order valence-corrected chi connectivity index (χ3v) is 3.34. The van der Waals surface area contributed by atoms with Crippen LogP contribution in [0.4, 0.5) is 0 Å². The highest BCUT2D eigenvalue weighted by atomic mass is 16.5. The number of ether oxygens (including phenoxy) is 1. The minimum Gasteiger partial charge on any atom is -0.467 e. The van der Waals surface area contributed by atoms with Crippen LogP contribution in [-0.2, 0) is 16.0 Å². The van der Waals surface area contributed by atoms with Crippen LogP contribution < -0.4 is 0 Å². The molecule has 0 saturated heterocycles. The number of H-pyrrole nitrogens is 1. The number of carbonyl (C=O) groups excluding carboxylic acids is 1. The van der Waals surface area contributed by atoms with Crippen LogP contribution in [-0.4, -0.2) is 18.1 Å². The molecule has 0 bridgehead atoms. The van der Waals surface area contributed by atoms with Crippen molar-refractivity contribution in [2.24, 2.45) is 0 Å². The van der Waals surface area contributed by atoms with Crippen LogP contribution in [0.5, 0.6) is 0 Å². The summed E-state index contributed by atoms with van der Waals surface area (Å²) in [4.78, 5) is 13.5. The normalized spacial score (nSPS) is 10.6. The SMILES string of the molecule is O=COCCc1cc2cc(-c3ccccc3)ccc2[nH]1. The molecule has 0 atom stereocenters. The predicted octanol–water partition coefficient (Wildman–Crippen LogP) is 3.55. The van der Waals surface area contributed by atoms with Crippen LogP contribution >= 0.6 is 0 Å². The number of rotatable bonds is 5. The Balaban J connectivity index is 1.89. The number of benzene rings is 2. The van der Waals surface area contributed by atoms with Crippen molar-refractivity contribution in [2.75, 3.05) is 6.61 Å². The molecule has 1 aromatic heterocycles. The molecule has 0 radical (unpaired) electrons. The fraction of sp³-hybridized carbons (Fsp3) is 0.118. The van der Waals surface area contributed by atoms with Gasteiger partial charge in [-0.2, -0.15) is 0 Å². The van der Waals surface area contributed by atoms with E-state index in [9.17, 15) is 4.79 Å². The van der Waals surface area contributed by atoms with Crippen molar-refractivity contribution in [3.63, 3.8) is 0 Å². The summed E-state index contributed by atoms with van der Waals surface area (Å²) in [6, 6.07) is 18.8. The molecule has 2 aromatic carbocycles. The second-order valence-electron chi connectivity index (χ2n) is 4.68. The third kappa shape index (κ3) is 2.57. The van der Waals surface area contributed by atoms with Gasteiger partial charge in [-0.25, -0.2) is 0 Å². The average Bonchev–Trinajstić information content (AvgIpc) is 2.90. The average molecular weight is 265 g/mol. The van der Waals surface area contributed by atoms with Gasteiger partial charge < -0.3 is 9.72 Å². The molecule has 3 nitrogen and oxygen atoms in total. The smallest absolute Gasteiger partial charge is 0.293 e. The van der Waals surface area contributed by atoms with Gasteiger partial charge in [-0.15, -0.1) is 0 Å². The molecular formula is C17H15NO2. The van der Waals surface area contributed by atoms with E-state index in [4.69, 9.17) is 4.74 Å². The summed E-state index contributed by atoms with van der Waals surface area (Å²) in [5.41, 5.74) is 4.59. The van der Waals surface area contributed by atoms with Gasteiger partial charge in [0.1, 0.15) is 0 Å². The number of hydrogen-bond donors (Lipinski definition) is 1. The van der Waals surface area contributed by atoms with Crippen LogP contribution in [0.25, 0.3) is 22.0 Å². The standard InChI is InChI=1S/C17H15NO2/c19-12-20-9-8-16-11-15-10-14(6-7-17(15)18-16)13-4-2-1-3-5-13/h1-7,10-12,18H,8-9H2. The van der Waals surface area contributed by atoms with Crippen molar-refractivity contribution in [2.45, 2.75) is 6.42 Å². The zero-order chi connectivity index (χ0) is 13.8. The van der Waals surface area contributed by atoms with Gasteiger partial charge in [0.25, 0.3) is 6.47 Å². The fourth-order valence-corrected chi connectivity index (χ4v) is 2.35. The molecular weight excluding hydrogens is 250 g/mol. The van der Waals surface area contributed by atoms with E-state index in [2.05, 4.69) is 41.4 Å². The first kappa shape index (κ1) is 12.5. The van der Waals surface area contributed by atoms with Crippen molar-refractivity contribution >= 4 is 17.4 Å². The lowest BCUT2D eigenvalue weighted by Crippen LogP contribution is -1.96. The molecule has 20 heavy (non-hydrogen) atoms. The van der Waals surface area contributed by atoms with E-state index in [1.54, 1.807) is 0 Å². The minimum absolute atomic E-state index is 0.405. The van der Waals surface area contributed by atoms with E-state index in [0.29, 0.717) is 19.5 Å². The lowest BCUT2D eigenvalue weighted by Gasteiger charge is -2.00. The summed E-state index contributed by atoms with van der Waals surface area (Å²) in [6.07, 6.45) is 0.702. The number of carbonyl (C=O) groups is 1. The van der Waals surface area contributed by atoms with Crippen LogP contribution in [0.15, 0.2) is 54.6 Å². The van der Waals surface area contributed by atoms with E-state index < -0.39 is 0 Å². The molecule has 3 rings (SSSR count). The summed E-state index contributed by atoms with van der Waals surface area (Å²) in [7, 11) is 0. The Bertz CT molecular complexity index is 716. The molecule has 0 saturated carbocycles. The Hall–Kier alpha value is -2.55. The molecule has 0 fully saturated rings. The third-order valence-electron chi connectivity index (χ3n) is 3.34. The first-order valence-electron chi connectivity index (χ1n) is 6.59. The lowest BCUT2D eigenvalue weighted by molar-refractivity contribution is -0.128. The Kier molecular flexibility index (Phi) is 3.50. The Morgan fingerprint density at radius 3 is 2.65 bits per heavy atom. The van der Waals surface area contributed by atoms with Crippen molar-refractivity contribution in [1.82, 2.24) is 4.98 Å². The number of nitrogens with one attached hydrogen (secondary N) is 1. The molecule has 1 heterocycles. The first-order valence-corrected chi connectivity index (χ1v) is 6.59. The number of hydrogen-bond acceptors (Lipinski definition) is 2. The van der Waals surface area contributed by atoms with E-state index in [1.807, 2.05) is 18.2 Å². The van der Waals surface area contributed by atoms with Gasteiger partial charge in [0.15, 0.2) is 0 Å². The van der Waals surface area contributed by atoms with Gasteiger partial charge in [0.2, 0.25) is 0 Å². The van der Waals surface area contributed by atoms with Gasteiger partial charge in [-0.3, -0.25) is 4.79 Å². The van der Waals surface area contributed by atoms with E-state index >= 15 is 0 Å². The number of fused-ring (bicyclic) bond motifs is 1. The fourth-order valence-electron chi connectivity index (χ4n) is 2.35. The highest BCUT2D eigenvalue weighted by Crippen LogP contribution is 2.24. The van der Waals surface area contributed by atoms with Crippen molar-refractivity contribution < 1.29 is 9.53 Å². The predicted molar refractivity (Wildman–Crippen MR) is 79.5 cm³/mol. The van der Waals surface area contributed by atoms with E-state index in [-0.39, 0.29) is 0 Å². The summed E-state index contributed by atoms with van der Waals surface area (Å²) in [6.45, 7) is 0.887. The zero-order valence-corrected chi connectivity index (χ0v) is 11.0. The Morgan fingerprint density at radius 2 is 1.85 bits per heavy atom. The molecule has 0 aliphatic heterocycles. The second kappa shape index (κ2) is 5.61. The van der Waals surface area contributed by atoms with E-state index in [0.717, 1.165) is 11.2 Å². The maximum atomic E-state index is 10.1.